The van der Waals surface area contributed by atoms with E-state index in [2.05, 4.69) is 10.3 Å². The molecule has 1 aromatic heterocycles. The van der Waals surface area contributed by atoms with Crippen LogP contribution in [0.5, 0.6) is 0 Å². The highest BCUT2D eigenvalue weighted by molar-refractivity contribution is 7.99. The number of carbonyl (C=O) groups excluding carboxylic acids is 1. The van der Waals surface area contributed by atoms with Crippen LogP contribution in [0.2, 0.25) is 0 Å². The highest BCUT2D eigenvalue weighted by atomic mass is 32.2. The number of nitro groups is 1. The van der Waals surface area contributed by atoms with Crippen molar-refractivity contribution in [2.24, 2.45) is 7.05 Å². The van der Waals surface area contributed by atoms with Gasteiger partial charge in [0, 0.05) is 31.1 Å². The number of nitrogens with one attached hydrogen (secondary N) is 1. The summed E-state index contributed by atoms with van der Waals surface area (Å²) in [5, 5.41) is 14.2. The van der Waals surface area contributed by atoms with E-state index in [0.717, 1.165) is 15.6 Å². The van der Waals surface area contributed by atoms with Crippen molar-refractivity contribution in [3.8, 4) is 0 Å². The summed E-state index contributed by atoms with van der Waals surface area (Å²) in [6.45, 7) is 4.08. The van der Waals surface area contributed by atoms with E-state index in [1.807, 2.05) is 31.5 Å². The lowest BCUT2D eigenvalue weighted by atomic mass is 10.2. The molecule has 0 unspecified atom stereocenters. The summed E-state index contributed by atoms with van der Waals surface area (Å²) in [7, 11) is 3.32. The maximum absolute atomic E-state index is 11.3. The zero-order valence-electron chi connectivity index (χ0n) is 14.5. The van der Waals surface area contributed by atoms with Crippen LogP contribution in [0.15, 0.2) is 34.2 Å². The quantitative estimate of drug-likeness (QED) is 0.622. The third-order valence-corrected chi connectivity index (χ3v) is 4.65. The summed E-state index contributed by atoms with van der Waals surface area (Å²) in [4.78, 5) is 27.1. The van der Waals surface area contributed by atoms with Crippen molar-refractivity contribution in [2.75, 3.05) is 7.05 Å². The number of nitro benzene ring substituents is 1. The van der Waals surface area contributed by atoms with Crippen LogP contribution < -0.4 is 5.32 Å². The average molecular weight is 364 g/mol. The van der Waals surface area contributed by atoms with Crippen molar-refractivity contribution in [1.29, 1.82) is 0 Å². The molecule has 1 amide bonds. The number of imidazole rings is 1. The molecule has 0 saturated carbocycles. The van der Waals surface area contributed by atoms with Gasteiger partial charge in [-0.3, -0.25) is 10.1 Å². The Morgan fingerprint density at radius 1 is 1.48 bits per heavy atom. The van der Waals surface area contributed by atoms with Crippen LogP contribution >= 0.6 is 11.8 Å². The van der Waals surface area contributed by atoms with Crippen molar-refractivity contribution >= 4 is 23.5 Å². The maximum atomic E-state index is 11.3. The fourth-order valence-corrected chi connectivity index (χ4v) is 3.33. The van der Waals surface area contributed by atoms with Gasteiger partial charge in [-0.05, 0) is 12.0 Å². The number of carbonyl (C=O) groups is 1. The molecular formula is C16H20N4O4S. The van der Waals surface area contributed by atoms with E-state index in [4.69, 9.17) is 4.74 Å². The number of hydrogen-bond acceptors (Lipinski definition) is 6. The summed E-state index contributed by atoms with van der Waals surface area (Å²) in [6.07, 6.45) is -0.526. The van der Waals surface area contributed by atoms with Crippen molar-refractivity contribution in [2.45, 2.75) is 36.3 Å². The Hall–Kier alpha value is -2.55. The predicted octanol–water partition coefficient (Wildman–Crippen LogP) is 3.46. The number of amides is 1. The summed E-state index contributed by atoms with van der Waals surface area (Å²) in [6, 6.07) is 6.46. The summed E-state index contributed by atoms with van der Waals surface area (Å²) in [5.41, 5.74) is 0.899. The molecule has 9 heteroatoms. The van der Waals surface area contributed by atoms with Gasteiger partial charge < -0.3 is 14.6 Å². The number of benzene rings is 1. The second kappa shape index (κ2) is 8.02. The lowest BCUT2D eigenvalue weighted by Crippen LogP contribution is -2.19. The van der Waals surface area contributed by atoms with E-state index in [1.54, 1.807) is 6.07 Å². The number of hydrogen-bond donors (Lipinski definition) is 1. The van der Waals surface area contributed by atoms with Gasteiger partial charge in [0.2, 0.25) is 0 Å². The van der Waals surface area contributed by atoms with Gasteiger partial charge in [0.05, 0.1) is 10.6 Å². The molecule has 0 saturated heterocycles. The molecule has 0 spiro atoms. The second-order valence-electron chi connectivity index (χ2n) is 5.61. The van der Waals surface area contributed by atoms with Gasteiger partial charge in [-0.2, -0.15) is 0 Å². The van der Waals surface area contributed by atoms with Crippen molar-refractivity contribution in [3.63, 3.8) is 0 Å². The van der Waals surface area contributed by atoms with Crippen LogP contribution in [0.25, 0.3) is 0 Å². The van der Waals surface area contributed by atoms with Crippen molar-refractivity contribution in [3.05, 3.63) is 45.9 Å². The average Bonchev–Trinajstić information content (AvgIpc) is 2.89. The van der Waals surface area contributed by atoms with Gasteiger partial charge in [0.25, 0.3) is 5.69 Å². The Morgan fingerprint density at radius 2 is 2.20 bits per heavy atom. The molecule has 0 aliphatic rings. The first kappa shape index (κ1) is 18.8. The lowest BCUT2D eigenvalue weighted by molar-refractivity contribution is -0.385. The monoisotopic (exact) mass is 364 g/mol. The topological polar surface area (TPSA) is 99.3 Å². The third kappa shape index (κ3) is 4.50. The van der Waals surface area contributed by atoms with Crippen LogP contribution in [0.3, 0.4) is 0 Å². The number of nitrogens with zero attached hydrogens (tertiary/aromatic N) is 3. The second-order valence-corrected chi connectivity index (χ2v) is 6.68. The van der Waals surface area contributed by atoms with E-state index < -0.39 is 11.0 Å². The SMILES string of the molecule is CNC(=O)OCc1nc(C(C)C)c(Sc2cccc([N+](=O)[O-])c2)n1C. The lowest BCUT2D eigenvalue weighted by Gasteiger charge is -2.09. The van der Waals surface area contributed by atoms with Gasteiger partial charge in [0.1, 0.15) is 10.9 Å². The molecule has 2 rings (SSSR count). The van der Waals surface area contributed by atoms with E-state index >= 15 is 0 Å². The van der Waals surface area contributed by atoms with Crippen molar-refractivity contribution < 1.29 is 14.5 Å². The molecule has 0 atom stereocenters. The molecule has 8 nitrogen and oxygen atoms in total. The first-order chi connectivity index (χ1) is 11.8. The summed E-state index contributed by atoms with van der Waals surface area (Å²) in [5.74, 6) is 0.765. The number of rotatable bonds is 6. The van der Waals surface area contributed by atoms with Gasteiger partial charge in [0.15, 0.2) is 6.61 Å². The standard InChI is InChI=1S/C16H20N4O4S/c1-10(2)14-15(19(4)13(18-14)9-24-16(21)17-3)25-12-7-5-6-11(8-12)20(22)23/h5-8,10H,9H2,1-4H3,(H,17,21). The minimum absolute atomic E-state index is 0.0430. The molecule has 0 radical (unpaired) electrons. The van der Waals surface area contributed by atoms with Crippen LogP contribution in [0.4, 0.5) is 10.5 Å². The van der Waals surface area contributed by atoms with Gasteiger partial charge >= 0.3 is 6.09 Å². The zero-order valence-corrected chi connectivity index (χ0v) is 15.3. The highest BCUT2D eigenvalue weighted by Gasteiger charge is 2.20. The molecule has 25 heavy (non-hydrogen) atoms. The van der Waals surface area contributed by atoms with E-state index in [-0.39, 0.29) is 18.2 Å². The predicted molar refractivity (Wildman–Crippen MR) is 93.8 cm³/mol. The molecule has 0 fully saturated rings. The minimum Gasteiger partial charge on any atom is -0.441 e. The van der Waals surface area contributed by atoms with Crippen LogP contribution in [0, 0.1) is 10.1 Å². The fourth-order valence-electron chi connectivity index (χ4n) is 2.15. The zero-order chi connectivity index (χ0) is 18.6. The maximum Gasteiger partial charge on any atom is 0.407 e. The summed E-state index contributed by atoms with van der Waals surface area (Å²) >= 11 is 1.40. The van der Waals surface area contributed by atoms with Gasteiger partial charge in [-0.1, -0.05) is 31.7 Å². The Bertz CT molecular complexity index is 788. The summed E-state index contributed by atoms with van der Waals surface area (Å²) < 4.78 is 6.92. The molecule has 0 bridgehead atoms. The molecule has 1 aromatic carbocycles. The number of alkyl carbamates (subject to hydrolysis) is 1. The van der Waals surface area contributed by atoms with Gasteiger partial charge in [-0.15, -0.1) is 0 Å². The van der Waals surface area contributed by atoms with E-state index in [9.17, 15) is 14.9 Å². The van der Waals surface area contributed by atoms with Crippen LogP contribution in [0.1, 0.15) is 31.3 Å². The number of aromatic nitrogens is 2. The molecule has 0 aliphatic carbocycles. The smallest absolute Gasteiger partial charge is 0.407 e. The van der Waals surface area contributed by atoms with Gasteiger partial charge in [-0.25, -0.2) is 9.78 Å². The number of ether oxygens (including phenoxy) is 1. The molecular weight excluding hydrogens is 344 g/mol. The molecule has 0 aliphatic heterocycles. The van der Waals surface area contributed by atoms with E-state index in [0.29, 0.717) is 5.82 Å². The Labute approximate surface area is 149 Å². The fraction of sp³-hybridized carbons (Fsp3) is 0.375. The number of non-ortho nitro benzene ring substituents is 1. The van der Waals surface area contributed by atoms with E-state index in [1.165, 1.54) is 30.9 Å². The minimum atomic E-state index is -0.526. The molecule has 1 heterocycles. The molecule has 1 N–H and O–H groups in total. The molecule has 2 aromatic rings. The Balaban J connectivity index is 2.32. The first-order valence-corrected chi connectivity index (χ1v) is 8.47. The Kier molecular flexibility index (Phi) is 6.02. The van der Waals surface area contributed by atoms with Crippen molar-refractivity contribution in [1.82, 2.24) is 14.9 Å². The molecule has 134 valence electrons. The van der Waals surface area contributed by atoms with Crippen LogP contribution in [-0.4, -0.2) is 27.6 Å². The Morgan fingerprint density at radius 3 is 2.80 bits per heavy atom. The third-order valence-electron chi connectivity index (χ3n) is 3.49. The first-order valence-electron chi connectivity index (χ1n) is 7.65. The normalized spacial score (nSPS) is 10.8. The highest BCUT2D eigenvalue weighted by Crippen LogP contribution is 2.35. The van der Waals surface area contributed by atoms with Crippen LogP contribution in [-0.2, 0) is 18.4 Å². The largest absolute Gasteiger partial charge is 0.441 e.